The van der Waals surface area contributed by atoms with E-state index >= 15 is 0 Å². The average molecular weight is 513 g/mol. The van der Waals surface area contributed by atoms with Gasteiger partial charge in [0.1, 0.15) is 5.75 Å². The topological polar surface area (TPSA) is 34.5 Å². The van der Waals surface area contributed by atoms with Crippen LogP contribution in [0.3, 0.4) is 0 Å². The molecule has 0 spiro atoms. The Labute approximate surface area is 199 Å². The second-order valence-electron chi connectivity index (χ2n) is 7.58. The van der Waals surface area contributed by atoms with Crippen molar-refractivity contribution < 1.29 is 18.3 Å². The molecule has 0 N–H and O–H groups in total. The molecule has 0 radical (unpaired) electrons. The summed E-state index contributed by atoms with van der Waals surface area (Å²) in [6.07, 6.45) is 1.44. The number of hydrogen-bond donors (Lipinski definition) is 0. The molecule has 170 valence electrons. The standard InChI is InChI=1S/C26H23BrF2N2O2/c1-3-30(4-2)26(32)33-24-12-11-23-19(25(24)17-9-10-21(28)22(29)15-17)13-14-31(23)16-18-7-5-6-8-20(18)27/h5-15H,3-4,16H2,1-2H3. The Morgan fingerprint density at radius 3 is 2.45 bits per heavy atom. The number of fused-ring (bicyclic) bond motifs is 1. The molecule has 0 saturated carbocycles. The van der Waals surface area contributed by atoms with Gasteiger partial charge in [0.2, 0.25) is 0 Å². The van der Waals surface area contributed by atoms with Crippen molar-refractivity contribution in [3.8, 4) is 16.9 Å². The molecule has 1 amide bonds. The Morgan fingerprint density at radius 1 is 1.00 bits per heavy atom. The molecular weight excluding hydrogens is 490 g/mol. The summed E-state index contributed by atoms with van der Waals surface area (Å²) in [5.41, 5.74) is 2.95. The third-order valence-electron chi connectivity index (χ3n) is 5.64. The minimum Gasteiger partial charge on any atom is -0.410 e. The molecule has 0 saturated heterocycles. The summed E-state index contributed by atoms with van der Waals surface area (Å²) in [5.74, 6) is -1.60. The molecule has 0 aliphatic heterocycles. The molecule has 0 aliphatic rings. The Hall–Kier alpha value is -3.19. The molecular formula is C26H23BrF2N2O2. The number of halogens is 3. The second-order valence-corrected chi connectivity index (χ2v) is 8.43. The zero-order valence-electron chi connectivity index (χ0n) is 18.3. The van der Waals surface area contributed by atoms with Gasteiger partial charge in [0, 0.05) is 46.8 Å². The maximum atomic E-state index is 14.1. The molecule has 7 heteroatoms. The summed E-state index contributed by atoms with van der Waals surface area (Å²) < 4.78 is 36.6. The van der Waals surface area contributed by atoms with Crippen LogP contribution in [-0.4, -0.2) is 28.6 Å². The maximum absolute atomic E-state index is 14.1. The number of carbonyl (C=O) groups is 1. The highest BCUT2D eigenvalue weighted by Gasteiger charge is 2.20. The second kappa shape index (κ2) is 9.75. The molecule has 0 atom stereocenters. The van der Waals surface area contributed by atoms with Crippen LogP contribution in [-0.2, 0) is 6.54 Å². The molecule has 4 rings (SSSR count). The number of rotatable bonds is 6. The lowest BCUT2D eigenvalue weighted by Crippen LogP contribution is -2.33. The molecule has 1 heterocycles. The normalized spacial score (nSPS) is 11.1. The van der Waals surface area contributed by atoms with Gasteiger partial charge in [0.25, 0.3) is 0 Å². The van der Waals surface area contributed by atoms with Crippen LogP contribution in [0.5, 0.6) is 5.75 Å². The molecule has 33 heavy (non-hydrogen) atoms. The molecule has 3 aromatic carbocycles. The minimum absolute atomic E-state index is 0.295. The maximum Gasteiger partial charge on any atom is 0.415 e. The van der Waals surface area contributed by atoms with E-state index in [0.29, 0.717) is 36.5 Å². The molecule has 1 aromatic heterocycles. The van der Waals surface area contributed by atoms with E-state index in [9.17, 15) is 13.6 Å². The van der Waals surface area contributed by atoms with Crippen LogP contribution >= 0.6 is 15.9 Å². The van der Waals surface area contributed by atoms with Crippen molar-refractivity contribution >= 4 is 32.9 Å². The van der Waals surface area contributed by atoms with E-state index < -0.39 is 17.7 Å². The third kappa shape index (κ3) is 4.64. The fourth-order valence-electron chi connectivity index (χ4n) is 3.88. The van der Waals surface area contributed by atoms with Crippen LogP contribution in [0, 0.1) is 11.6 Å². The van der Waals surface area contributed by atoms with Crippen LogP contribution in [0.4, 0.5) is 13.6 Å². The average Bonchev–Trinajstić information content (AvgIpc) is 3.21. The molecule has 4 nitrogen and oxygen atoms in total. The Balaban J connectivity index is 1.84. The van der Waals surface area contributed by atoms with Crippen molar-refractivity contribution in [3.05, 3.63) is 88.5 Å². The Kier molecular flexibility index (Phi) is 6.79. The van der Waals surface area contributed by atoms with Gasteiger partial charge < -0.3 is 14.2 Å². The third-order valence-corrected chi connectivity index (χ3v) is 6.41. The number of carbonyl (C=O) groups excluding carboxylic acids is 1. The first-order valence-corrected chi connectivity index (χ1v) is 11.5. The number of benzene rings is 3. The summed E-state index contributed by atoms with van der Waals surface area (Å²) in [6.45, 7) is 5.35. The van der Waals surface area contributed by atoms with Crippen molar-refractivity contribution in [1.29, 1.82) is 0 Å². The van der Waals surface area contributed by atoms with Crippen LogP contribution in [0.1, 0.15) is 19.4 Å². The summed E-state index contributed by atoms with van der Waals surface area (Å²) in [7, 11) is 0. The first-order chi connectivity index (χ1) is 15.9. The van der Waals surface area contributed by atoms with Crippen molar-refractivity contribution in [2.24, 2.45) is 0 Å². The highest BCUT2D eigenvalue weighted by molar-refractivity contribution is 9.10. The van der Waals surface area contributed by atoms with Crippen molar-refractivity contribution in [2.75, 3.05) is 13.1 Å². The number of nitrogens with zero attached hydrogens (tertiary/aromatic N) is 2. The molecule has 0 unspecified atom stereocenters. The van der Waals surface area contributed by atoms with Gasteiger partial charge in [0.15, 0.2) is 11.6 Å². The summed E-state index contributed by atoms with van der Waals surface area (Å²) in [4.78, 5) is 14.2. The first kappa shape index (κ1) is 23.0. The number of amides is 1. The smallest absolute Gasteiger partial charge is 0.410 e. The van der Waals surface area contributed by atoms with Gasteiger partial charge >= 0.3 is 6.09 Å². The number of ether oxygens (including phenoxy) is 1. The first-order valence-electron chi connectivity index (χ1n) is 10.7. The van der Waals surface area contributed by atoms with Crippen LogP contribution in [0.2, 0.25) is 0 Å². The summed E-state index contributed by atoms with van der Waals surface area (Å²) in [6, 6.07) is 17.1. The van der Waals surface area contributed by atoms with E-state index in [1.807, 2.05) is 56.4 Å². The van der Waals surface area contributed by atoms with E-state index in [1.165, 1.54) is 6.07 Å². The van der Waals surface area contributed by atoms with Gasteiger partial charge in [-0.3, -0.25) is 0 Å². The SMILES string of the molecule is CCN(CC)C(=O)Oc1ccc2c(ccn2Cc2ccccc2Br)c1-c1ccc(F)c(F)c1. The highest BCUT2D eigenvalue weighted by atomic mass is 79.9. The number of aromatic nitrogens is 1. The summed E-state index contributed by atoms with van der Waals surface area (Å²) >= 11 is 3.59. The van der Waals surface area contributed by atoms with Crippen LogP contribution < -0.4 is 4.74 Å². The van der Waals surface area contributed by atoms with Gasteiger partial charge in [0.05, 0.1) is 0 Å². The lowest BCUT2D eigenvalue weighted by atomic mass is 10.00. The minimum atomic E-state index is -0.960. The lowest BCUT2D eigenvalue weighted by Gasteiger charge is -2.20. The van der Waals surface area contributed by atoms with Gasteiger partial charge in [-0.25, -0.2) is 13.6 Å². The van der Waals surface area contributed by atoms with Gasteiger partial charge in [-0.1, -0.05) is 40.2 Å². The largest absolute Gasteiger partial charge is 0.415 e. The van der Waals surface area contributed by atoms with E-state index in [4.69, 9.17) is 4.74 Å². The van der Waals surface area contributed by atoms with Crippen LogP contribution in [0.15, 0.2) is 71.3 Å². The van der Waals surface area contributed by atoms with E-state index in [1.54, 1.807) is 11.0 Å². The molecule has 4 aromatic rings. The van der Waals surface area contributed by atoms with Crippen molar-refractivity contribution in [1.82, 2.24) is 9.47 Å². The fraction of sp³-hybridized carbons (Fsp3) is 0.192. The monoisotopic (exact) mass is 512 g/mol. The molecule has 0 bridgehead atoms. The van der Waals surface area contributed by atoms with E-state index in [2.05, 4.69) is 20.5 Å². The number of hydrogen-bond acceptors (Lipinski definition) is 2. The lowest BCUT2D eigenvalue weighted by molar-refractivity contribution is 0.157. The van der Waals surface area contributed by atoms with Gasteiger partial charge in [-0.05, 0) is 61.4 Å². The van der Waals surface area contributed by atoms with E-state index in [0.717, 1.165) is 33.1 Å². The molecule has 0 fully saturated rings. The van der Waals surface area contributed by atoms with Gasteiger partial charge in [-0.15, -0.1) is 0 Å². The predicted molar refractivity (Wildman–Crippen MR) is 129 cm³/mol. The summed E-state index contributed by atoms with van der Waals surface area (Å²) in [5, 5.41) is 0.776. The fourth-order valence-corrected chi connectivity index (χ4v) is 4.29. The Bertz CT molecular complexity index is 1320. The zero-order chi connectivity index (χ0) is 23.5. The van der Waals surface area contributed by atoms with Crippen LogP contribution in [0.25, 0.3) is 22.0 Å². The zero-order valence-corrected chi connectivity index (χ0v) is 19.9. The van der Waals surface area contributed by atoms with Gasteiger partial charge in [-0.2, -0.15) is 0 Å². The van der Waals surface area contributed by atoms with Crippen molar-refractivity contribution in [2.45, 2.75) is 20.4 Å². The highest BCUT2D eigenvalue weighted by Crippen LogP contribution is 2.39. The Morgan fingerprint density at radius 2 is 1.76 bits per heavy atom. The molecule has 0 aliphatic carbocycles. The van der Waals surface area contributed by atoms with Crippen molar-refractivity contribution in [3.63, 3.8) is 0 Å². The predicted octanol–water partition coefficient (Wildman–Crippen LogP) is 7.24. The van der Waals surface area contributed by atoms with E-state index in [-0.39, 0.29) is 0 Å². The quantitative estimate of drug-likeness (QED) is 0.273.